The van der Waals surface area contributed by atoms with E-state index in [0.29, 0.717) is 29.6 Å². The number of ether oxygens (including phenoxy) is 2. The molecule has 2 rings (SSSR count). The number of benzene rings is 1. The Labute approximate surface area is 129 Å². The van der Waals surface area contributed by atoms with E-state index in [4.69, 9.17) is 15.2 Å². The van der Waals surface area contributed by atoms with Gasteiger partial charge in [-0.2, -0.15) is 0 Å². The lowest BCUT2D eigenvalue weighted by Crippen LogP contribution is -2.37. The van der Waals surface area contributed by atoms with Crippen LogP contribution in [0.2, 0.25) is 0 Å². The van der Waals surface area contributed by atoms with Crippen LogP contribution in [-0.2, 0) is 4.79 Å². The molecular formula is C15H21N3O4. The molecule has 0 bridgehead atoms. The average molecular weight is 307 g/mol. The van der Waals surface area contributed by atoms with Crippen LogP contribution in [0.1, 0.15) is 23.2 Å². The van der Waals surface area contributed by atoms with E-state index < -0.39 is 5.91 Å². The highest BCUT2D eigenvalue weighted by Crippen LogP contribution is 2.28. The molecule has 0 saturated carbocycles. The highest BCUT2D eigenvalue weighted by Gasteiger charge is 2.16. The minimum atomic E-state index is -0.576. The van der Waals surface area contributed by atoms with Crippen molar-refractivity contribution in [2.24, 2.45) is 5.73 Å². The normalized spacial score (nSPS) is 17.0. The predicted octanol–water partition coefficient (Wildman–Crippen LogP) is 0.0411. The van der Waals surface area contributed by atoms with E-state index >= 15 is 0 Å². The molecule has 0 aromatic heterocycles. The van der Waals surface area contributed by atoms with Crippen LogP contribution in [0.25, 0.3) is 0 Å². The first kappa shape index (κ1) is 16.1. The summed E-state index contributed by atoms with van der Waals surface area (Å²) in [6.07, 6.45) is 2.21. The van der Waals surface area contributed by atoms with Crippen molar-refractivity contribution in [2.75, 3.05) is 26.8 Å². The standard InChI is InChI=1S/C15H21N3O4/c1-21-13-7-10(4-5-12(13)22-9-14(16)19)15(20)18-8-11-3-2-6-17-11/h4-5,7,11,17H,2-3,6,8-9H2,1H3,(H2,16,19)(H,18,20). The Balaban J connectivity index is 1.97. The van der Waals surface area contributed by atoms with Crippen LogP contribution >= 0.6 is 0 Å². The second-order valence-corrected chi connectivity index (χ2v) is 5.12. The SMILES string of the molecule is COc1cc(C(=O)NCC2CCCN2)ccc1OCC(N)=O. The zero-order valence-electron chi connectivity index (χ0n) is 12.6. The van der Waals surface area contributed by atoms with Gasteiger partial charge in [0.25, 0.3) is 11.8 Å². The van der Waals surface area contributed by atoms with Gasteiger partial charge in [-0.3, -0.25) is 9.59 Å². The summed E-state index contributed by atoms with van der Waals surface area (Å²) in [7, 11) is 1.47. The Morgan fingerprint density at radius 2 is 2.23 bits per heavy atom. The maximum absolute atomic E-state index is 12.1. The van der Waals surface area contributed by atoms with Crippen LogP contribution in [-0.4, -0.2) is 44.7 Å². The smallest absolute Gasteiger partial charge is 0.255 e. The summed E-state index contributed by atoms with van der Waals surface area (Å²) >= 11 is 0. The summed E-state index contributed by atoms with van der Waals surface area (Å²) in [5, 5.41) is 6.21. The molecule has 1 aromatic rings. The van der Waals surface area contributed by atoms with Gasteiger partial charge in [-0.25, -0.2) is 0 Å². The van der Waals surface area contributed by atoms with Crippen molar-refractivity contribution in [3.8, 4) is 11.5 Å². The van der Waals surface area contributed by atoms with E-state index in [1.165, 1.54) is 7.11 Å². The van der Waals surface area contributed by atoms with Crippen molar-refractivity contribution >= 4 is 11.8 Å². The number of nitrogens with one attached hydrogen (secondary N) is 2. The number of amides is 2. The van der Waals surface area contributed by atoms with Crippen LogP contribution in [0.3, 0.4) is 0 Å². The molecule has 1 aliphatic rings. The van der Waals surface area contributed by atoms with Gasteiger partial charge in [0, 0.05) is 18.2 Å². The quantitative estimate of drug-likeness (QED) is 0.660. The van der Waals surface area contributed by atoms with E-state index in [-0.39, 0.29) is 12.5 Å². The number of carbonyl (C=O) groups excluding carboxylic acids is 2. The minimum Gasteiger partial charge on any atom is -0.493 e. The van der Waals surface area contributed by atoms with Gasteiger partial charge in [0.2, 0.25) is 0 Å². The topological polar surface area (TPSA) is 103 Å². The molecule has 1 atom stereocenters. The number of hydrogen-bond donors (Lipinski definition) is 3. The molecule has 1 saturated heterocycles. The number of carbonyl (C=O) groups is 2. The first-order valence-corrected chi connectivity index (χ1v) is 7.21. The van der Waals surface area contributed by atoms with Gasteiger partial charge in [0.05, 0.1) is 7.11 Å². The van der Waals surface area contributed by atoms with E-state index in [9.17, 15) is 9.59 Å². The Morgan fingerprint density at radius 3 is 2.86 bits per heavy atom. The molecule has 0 radical (unpaired) electrons. The zero-order chi connectivity index (χ0) is 15.9. The summed E-state index contributed by atoms with van der Waals surface area (Å²) in [6, 6.07) is 5.12. The Bertz CT molecular complexity index is 542. The monoisotopic (exact) mass is 307 g/mol. The molecule has 1 aliphatic heterocycles. The fourth-order valence-corrected chi connectivity index (χ4v) is 2.33. The molecule has 22 heavy (non-hydrogen) atoms. The minimum absolute atomic E-state index is 0.173. The first-order valence-electron chi connectivity index (χ1n) is 7.21. The van der Waals surface area contributed by atoms with Crippen molar-refractivity contribution in [1.29, 1.82) is 0 Å². The third-order valence-corrected chi connectivity index (χ3v) is 3.47. The predicted molar refractivity (Wildman–Crippen MR) is 81.0 cm³/mol. The fourth-order valence-electron chi connectivity index (χ4n) is 2.33. The zero-order valence-corrected chi connectivity index (χ0v) is 12.6. The van der Waals surface area contributed by atoms with Crippen LogP contribution < -0.4 is 25.8 Å². The maximum atomic E-state index is 12.1. The summed E-state index contributed by atoms with van der Waals surface area (Å²) in [5.74, 6) is 0.00425. The summed E-state index contributed by atoms with van der Waals surface area (Å²) in [6.45, 7) is 1.36. The van der Waals surface area contributed by atoms with E-state index in [1.807, 2.05) is 0 Å². The molecule has 1 fully saturated rings. The van der Waals surface area contributed by atoms with Gasteiger partial charge >= 0.3 is 0 Å². The molecular weight excluding hydrogens is 286 g/mol. The van der Waals surface area contributed by atoms with E-state index in [0.717, 1.165) is 19.4 Å². The van der Waals surface area contributed by atoms with Crippen LogP contribution in [0.15, 0.2) is 18.2 Å². The summed E-state index contributed by atoms with van der Waals surface area (Å²) in [5.41, 5.74) is 5.51. The third kappa shape index (κ3) is 4.36. The molecule has 0 spiro atoms. The lowest BCUT2D eigenvalue weighted by Gasteiger charge is -2.13. The van der Waals surface area contributed by atoms with Gasteiger partial charge in [0.1, 0.15) is 0 Å². The van der Waals surface area contributed by atoms with Crippen molar-refractivity contribution < 1.29 is 19.1 Å². The molecule has 4 N–H and O–H groups in total. The molecule has 1 unspecified atom stereocenters. The molecule has 1 aromatic carbocycles. The lowest BCUT2D eigenvalue weighted by atomic mass is 10.1. The number of hydrogen-bond acceptors (Lipinski definition) is 5. The van der Waals surface area contributed by atoms with Crippen molar-refractivity contribution in [3.63, 3.8) is 0 Å². The number of methoxy groups -OCH3 is 1. The summed E-state index contributed by atoms with van der Waals surface area (Å²) < 4.78 is 10.4. The van der Waals surface area contributed by atoms with Crippen molar-refractivity contribution in [1.82, 2.24) is 10.6 Å². The number of primary amides is 1. The van der Waals surface area contributed by atoms with Gasteiger partial charge in [0.15, 0.2) is 18.1 Å². The average Bonchev–Trinajstić information content (AvgIpc) is 3.03. The fraction of sp³-hybridized carbons (Fsp3) is 0.467. The lowest BCUT2D eigenvalue weighted by molar-refractivity contribution is -0.119. The number of rotatable bonds is 7. The van der Waals surface area contributed by atoms with Gasteiger partial charge < -0.3 is 25.8 Å². The van der Waals surface area contributed by atoms with E-state index in [2.05, 4.69) is 10.6 Å². The first-order chi connectivity index (χ1) is 10.6. The Hall–Kier alpha value is -2.28. The molecule has 120 valence electrons. The van der Waals surface area contributed by atoms with Crippen LogP contribution in [0, 0.1) is 0 Å². The highest BCUT2D eigenvalue weighted by atomic mass is 16.5. The van der Waals surface area contributed by atoms with Crippen LogP contribution in [0.5, 0.6) is 11.5 Å². The molecule has 7 nitrogen and oxygen atoms in total. The second-order valence-electron chi connectivity index (χ2n) is 5.12. The molecule has 0 aliphatic carbocycles. The highest BCUT2D eigenvalue weighted by molar-refractivity contribution is 5.94. The van der Waals surface area contributed by atoms with Crippen molar-refractivity contribution in [2.45, 2.75) is 18.9 Å². The van der Waals surface area contributed by atoms with Crippen molar-refractivity contribution in [3.05, 3.63) is 23.8 Å². The number of nitrogens with two attached hydrogens (primary N) is 1. The molecule has 7 heteroatoms. The van der Waals surface area contributed by atoms with Crippen LogP contribution in [0.4, 0.5) is 0 Å². The van der Waals surface area contributed by atoms with Gasteiger partial charge in [-0.05, 0) is 37.6 Å². The van der Waals surface area contributed by atoms with E-state index in [1.54, 1.807) is 18.2 Å². The molecule has 1 heterocycles. The Morgan fingerprint density at radius 1 is 1.41 bits per heavy atom. The largest absolute Gasteiger partial charge is 0.493 e. The van der Waals surface area contributed by atoms with Gasteiger partial charge in [-0.1, -0.05) is 0 Å². The summed E-state index contributed by atoms with van der Waals surface area (Å²) in [4.78, 5) is 22.9. The Kier molecular flexibility index (Phi) is 5.60. The third-order valence-electron chi connectivity index (χ3n) is 3.47. The second kappa shape index (κ2) is 7.65. The van der Waals surface area contributed by atoms with Gasteiger partial charge in [-0.15, -0.1) is 0 Å². The molecule has 2 amide bonds. The maximum Gasteiger partial charge on any atom is 0.255 e.